The molecule has 94 valence electrons. The fourth-order valence-electron chi connectivity index (χ4n) is 1.49. The van der Waals surface area contributed by atoms with Crippen LogP contribution < -0.4 is 10.6 Å². The summed E-state index contributed by atoms with van der Waals surface area (Å²) in [6.45, 7) is 5.95. The van der Waals surface area contributed by atoms with E-state index in [1.54, 1.807) is 25.1 Å². The predicted molar refractivity (Wildman–Crippen MR) is 66.1 cm³/mol. The Bertz CT molecular complexity index is 379. The van der Waals surface area contributed by atoms with E-state index in [0.717, 1.165) is 0 Å². The molecule has 0 heterocycles. The highest BCUT2D eigenvalue weighted by Crippen LogP contribution is 2.15. The third-order valence-corrected chi connectivity index (χ3v) is 2.42. The van der Waals surface area contributed by atoms with Crippen molar-refractivity contribution in [2.75, 3.05) is 6.54 Å². The number of hydrogen-bond donors (Lipinski definition) is 2. The smallest absolute Gasteiger partial charge is 0.234 e. The number of nitrogens with one attached hydrogen (secondary N) is 2. The molecule has 2 N–H and O–H groups in total. The Balaban J connectivity index is 2.52. The topological polar surface area (TPSA) is 41.1 Å². The highest BCUT2D eigenvalue weighted by molar-refractivity contribution is 5.78. The van der Waals surface area contributed by atoms with Crippen molar-refractivity contribution in [3.05, 3.63) is 35.6 Å². The second-order valence-corrected chi connectivity index (χ2v) is 4.35. The molecule has 1 amide bonds. The quantitative estimate of drug-likeness (QED) is 0.823. The van der Waals surface area contributed by atoms with E-state index >= 15 is 0 Å². The van der Waals surface area contributed by atoms with Crippen LogP contribution in [0.3, 0.4) is 0 Å². The van der Waals surface area contributed by atoms with Gasteiger partial charge in [-0.05, 0) is 13.0 Å². The number of rotatable bonds is 5. The fraction of sp³-hybridized carbons (Fsp3) is 0.462. The molecular weight excluding hydrogens is 219 g/mol. The standard InChI is InChI=1S/C13H19FN2O/c1-9(2)15-8-13(17)16-10(3)11-6-4-5-7-12(11)14/h4-7,9-10,15H,8H2,1-3H3,(H,16,17)/t10-/m1/s1. The molecule has 3 nitrogen and oxygen atoms in total. The van der Waals surface area contributed by atoms with Gasteiger partial charge in [0, 0.05) is 11.6 Å². The molecule has 0 aliphatic rings. The number of carbonyl (C=O) groups is 1. The summed E-state index contributed by atoms with van der Waals surface area (Å²) < 4.78 is 13.4. The lowest BCUT2D eigenvalue weighted by Gasteiger charge is -2.16. The van der Waals surface area contributed by atoms with Crippen molar-refractivity contribution in [2.45, 2.75) is 32.9 Å². The van der Waals surface area contributed by atoms with Gasteiger partial charge in [0.05, 0.1) is 12.6 Å². The summed E-state index contributed by atoms with van der Waals surface area (Å²) in [7, 11) is 0. The van der Waals surface area contributed by atoms with Gasteiger partial charge in [-0.15, -0.1) is 0 Å². The van der Waals surface area contributed by atoms with Crippen LogP contribution in [0.4, 0.5) is 4.39 Å². The second-order valence-electron chi connectivity index (χ2n) is 4.35. The van der Waals surface area contributed by atoms with Gasteiger partial charge >= 0.3 is 0 Å². The SMILES string of the molecule is CC(C)NCC(=O)N[C@H](C)c1ccccc1F. The first-order valence-corrected chi connectivity index (χ1v) is 5.78. The maximum atomic E-state index is 13.4. The summed E-state index contributed by atoms with van der Waals surface area (Å²) in [6.07, 6.45) is 0. The van der Waals surface area contributed by atoms with E-state index < -0.39 is 0 Å². The molecule has 0 aliphatic heterocycles. The van der Waals surface area contributed by atoms with Gasteiger partial charge in [-0.1, -0.05) is 32.0 Å². The van der Waals surface area contributed by atoms with E-state index in [1.165, 1.54) is 6.07 Å². The van der Waals surface area contributed by atoms with Gasteiger partial charge in [-0.3, -0.25) is 4.79 Å². The maximum absolute atomic E-state index is 13.4. The average Bonchev–Trinajstić information content (AvgIpc) is 2.26. The molecule has 4 heteroatoms. The first-order valence-electron chi connectivity index (χ1n) is 5.78. The Hall–Kier alpha value is -1.42. The first-order chi connectivity index (χ1) is 8.00. The lowest BCUT2D eigenvalue weighted by Crippen LogP contribution is -2.38. The van der Waals surface area contributed by atoms with Gasteiger partial charge in [0.25, 0.3) is 0 Å². The second kappa shape index (κ2) is 6.35. The van der Waals surface area contributed by atoms with Crippen LogP contribution in [0.5, 0.6) is 0 Å². The zero-order chi connectivity index (χ0) is 12.8. The number of carbonyl (C=O) groups excluding carboxylic acids is 1. The molecule has 0 aliphatic carbocycles. The Morgan fingerprint density at radius 1 is 1.29 bits per heavy atom. The van der Waals surface area contributed by atoms with Crippen LogP contribution in [0.25, 0.3) is 0 Å². The van der Waals surface area contributed by atoms with Crippen molar-refractivity contribution >= 4 is 5.91 Å². The lowest BCUT2D eigenvalue weighted by molar-refractivity contribution is -0.121. The summed E-state index contributed by atoms with van der Waals surface area (Å²) in [5, 5.41) is 5.76. The molecule has 0 fully saturated rings. The fourth-order valence-corrected chi connectivity index (χ4v) is 1.49. The minimum absolute atomic E-state index is 0.130. The molecule has 1 rings (SSSR count). The Morgan fingerprint density at radius 2 is 1.94 bits per heavy atom. The van der Waals surface area contributed by atoms with Crippen molar-refractivity contribution in [3.63, 3.8) is 0 Å². The van der Waals surface area contributed by atoms with Crippen LogP contribution in [0, 0.1) is 5.82 Å². The van der Waals surface area contributed by atoms with E-state index in [2.05, 4.69) is 10.6 Å². The minimum Gasteiger partial charge on any atom is -0.348 e. The number of amides is 1. The number of benzene rings is 1. The van der Waals surface area contributed by atoms with E-state index in [1.807, 2.05) is 13.8 Å². The van der Waals surface area contributed by atoms with Crippen LogP contribution in [0.1, 0.15) is 32.4 Å². The molecule has 0 aromatic heterocycles. The van der Waals surface area contributed by atoms with Crippen LogP contribution in [-0.4, -0.2) is 18.5 Å². The van der Waals surface area contributed by atoms with Crippen molar-refractivity contribution in [1.82, 2.24) is 10.6 Å². The van der Waals surface area contributed by atoms with Crippen molar-refractivity contribution in [2.24, 2.45) is 0 Å². The van der Waals surface area contributed by atoms with Crippen LogP contribution >= 0.6 is 0 Å². The van der Waals surface area contributed by atoms with Crippen LogP contribution in [-0.2, 0) is 4.79 Å². The van der Waals surface area contributed by atoms with Crippen LogP contribution in [0.2, 0.25) is 0 Å². The maximum Gasteiger partial charge on any atom is 0.234 e. The molecule has 1 atom stereocenters. The Morgan fingerprint density at radius 3 is 2.53 bits per heavy atom. The normalized spacial score (nSPS) is 12.5. The van der Waals surface area contributed by atoms with Gasteiger partial charge in [-0.2, -0.15) is 0 Å². The van der Waals surface area contributed by atoms with Gasteiger partial charge in [0.15, 0.2) is 0 Å². The molecule has 1 aromatic rings. The Kier molecular flexibility index (Phi) is 5.10. The van der Waals surface area contributed by atoms with E-state index in [0.29, 0.717) is 5.56 Å². The molecule has 0 spiro atoms. The van der Waals surface area contributed by atoms with Gasteiger partial charge < -0.3 is 10.6 Å². The van der Waals surface area contributed by atoms with Gasteiger partial charge in [0.1, 0.15) is 5.82 Å². The zero-order valence-electron chi connectivity index (χ0n) is 10.5. The lowest BCUT2D eigenvalue weighted by atomic mass is 10.1. The third-order valence-electron chi connectivity index (χ3n) is 2.42. The monoisotopic (exact) mass is 238 g/mol. The molecule has 17 heavy (non-hydrogen) atoms. The molecule has 1 aromatic carbocycles. The van der Waals surface area contributed by atoms with Crippen molar-refractivity contribution in [3.8, 4) is 0 Å². The van der Waals surface area contributed by atoms with Gasteiger partial charge in [-0.25, -0.2) is 4.39 Å². The van der Waals surface area contributed by atoms with Gasteiger partial charge in [0.2, 0.25) is 5.91 Å². The summed E-state index contributed by atoms with van der Waals surface area (Å²) in [6, 6.07) is 6.39. The summed E-state index contributed by atoms with van der Waals surface area (Å²) in [5.74, 6) is -0.424. The molecule has 0 unspecified atom stereocenters. The molecular formula is C13H19FN2O. The largest absolute Gasteiger partial charge is 0.348 e. The number of halogens is 1. The van der Waals surface area contributed by atoms with Crippen molar-refractivity contribution in [1.29, 1.82) is 0 Å². The molecule has 0 saturated heterocycles. The zero-order valence-corrected chi connectivity index (χ0v) is 10.5. The van der Waals surface area contributed by atoms with E-state index in [9.17, 15) is 9.18 Å². The van der Waals surface area contributed by atoms with Crippen molar-refractivity contribution < 1.29 is 9.18 Å². The molecule has 0 radical (unpaired) electrons. The highest BCUT2D eigenvalue weighted by atomic mass is 19.1. The third kappa shape index (κ3) is 4.53. The summed E-state index contributed by atoms with van der Waals surface area (Å²) in [4.78, 5) is 11.5. The predicted octanol–water partition coefficient (Wildman–Crippen LogP) is 2.00. The first kappa shape index (κ1) is 13.6. The summed E-state index contributed by atoms with van der Waals surface area (Å²) in [5.41, 5.74) is 0.505. The minimum atomic E-state index is -0.322. The van der Waals surface area contributed by atoms with E-state index in [4.69, 9.17) is 0 Å². The average molecular weight is 238 g/mol. The summed E-state index contributed by atoms with van der Waals surface area (Å²) >= 11 is 0. The van der Waals surface area contributed by atoms with E-state index in [-0.39, 0.29) is 30.4 Å². The number of hydrogen-bond acceptors (Lipinski definition) is 2. The molecule has 0 bridgehead atoms. The highest BCUT2D eigenvalue weighted by Gasteiger charge is 2.12. The Labute approximate surface area is 101 Å². The molecule has 0 saturated carbocycles. The van der Waals surface area contributed by atoms with Crippen LogP contribution in [0.15, 0.2) is 24.3 Å².